The molecule has 2 fully saturated rings. The third-order valence-corrected chi connectivity index (χ3v) is 7.75. The first-order chi connectivity index (χ1) is 17.2. The minimum absolute atomic E-state index is 0.0531. The van der Waals surface area contributed by atoms with Crippen LogP contribution in [0, 0.1) is 5.82 Å². The summed E-state index contributed by atoms with van der Waals surface area (Å²) in [5.41, 5.74) is 2.94. The van der Waals surface area contributed by atoms with Crippen LogP contribution in [0.1, 0.15) is 60.4 Å². The molecule has 1 saturated carbocycles. The molecule has 1 atom stereocenters. The molecule has 1 saturated heterocycles. The molecule has 1 unspecified atom stereocenters. The third kappa shape index (κ3) is 5.89. The van der Waals surface area contributed by atoms with Gasteiger partial charge >= 0.3 is 0 Å². The Balaban J connectivity index is 1.39. The van der Waals surface area contributed by atoms with Gasteiger partial charge in [-0.3, -0.25) is 9.59 Å². The summed E-state index contributed by atoms with van der Waals surface area (Å²) in [6.07, 6.45) is 7.11. The maximum atomic E-state index is 15.2. The molecular weight excluding hydrogens is 455 g/mol. The molecule has 7 heteroatoms. The van der Waals surface area contributed by atoms with Gasteiger partial charge in [0, 0.05) is 38.4 Å². The van der Waals surface area contributed by atoms with E-state index in [1.54, 1.807) is 24.1 Å². The highest BCUT2D eigenvalue weighted by Crippen LogP contribution is 2.33. The van der Waals surface area contributed by atoms with Crippen molar-refractivity contribution in [2.45, 2.75) is 50.5 Å². The number of halogens is 1. The number of hydrogen-bond acceptors (Lipinski definition) is 4. The van der Waals surface area contributed by atoms with Crippen LogP contribution in [-0.2, 0) is 4.79 Å². The molecule has 2 aliphatic rings. The summed E-state index contributed by atoms with van der Waals surface area (Å²) in [6.45, 7) is 1.64. The second kappa shape index (κ2) is 11.4. The van der Waals surface area contributed by atoms with Crippen molar-refractivity contribution in [1.29, 1.82) is 0 Å². The number of hydrogen-bond donors (Lipinski definition) is 0. The average Bonchev–Trinajstić information content (AvgIpc) is 3.37. The minimum atomic E-state index is -0.359. The van der Waals surface area contributed by atoms with Gasteiger partial charge in [-0.05, 0) is 75.2 Å². The van der Waals surface area contributed by atoms with Crippen molar-refractivity contribution in [3.63, 3.8) is 0 Å². The van der Waals surface area contributed by atoms with Crippen LogP contribution in [0.3, 0.4) is 0 Å². The van der Waals surface area contributed by atoms with Crippen molar-refractivity contribution < 1.29 is 14.0 Å². The highest BCUT2D eigenvalue weighted by molar-refractivity contribution is 6.05. The van der Waals surface area contributed by atoms with E-state index < -0.39 is 0 Å². The topological polar surface area (TPSA) is 47.1 Å². The van der Waals surface area contributed by atoms with Gasteiger partial charge in [0.1, 0.15) is 5.82 Å². The Morgan fingerprint density at radius 2 is 1.64 bits per heavy atom. The average molecular weight is 495 g/mol. The molecule has 6 nitrogen and oxygen atoms in total. The fourth-order valence-electron chi connectivity index (χ4n) is 5.47. The SMILES string of the molecule is CN(C)CC(=O)N(C)C1CCN(c2ccc(N(C)C(=O)c3ccc(C4CCCCC4)cc3)cc2F)C1. The van der Waals surface area contributed by atoms with Gasteiger partial charge in [0.05, 0.1) is 18.3 Å². The van der Waals surface area contributed by atoms with Gasteiger partial charge in [-0.15, -0.1) is 0 Å². The molecule has 0 bridgehead atoms. The van der Waals surface area contributed by atoms with Crippen molar-refractivity contribution in [3.8, 4) is 0 Å². The molecule has 1 aliphatic carbocycles. The van der Waals surface area contributed by atoms with Gasteiger partial charge in [-0.25, -0.2) is 4.39 Å². The van der Waals surface area contributed by atoms with Crippen molar-refractivity contribution in [1.82, 2.24) is 9.80 Å². The second-order valence-corrected chi connectivity index (χ2v) is 10.6. The lowest BCUT2D eigenvalue weighted by Gasteiger charge is -2.27. The van der Waals surface area contributed by atoms with Crippen LogP contribution in [0.25, 0.3) is 0 Å². The maximum absolute atomic E-state index is 15.2. The molecule has 0 spiro atoms. The molecule has 4 rings (SSSR count). The van der Waals surface area contributed by atoms with Crippen molar-refractivity contribution in [3.05, 3.63) is 59.4 Å². The number of nitrogens with zero attached hydrogens (tertiary/aromatic N) is 4. The first-order valence-electron chi connectivity index (χ1n) is 13.1. The first kappa shape index (κ1) is 26.1. The number of likely N-dealkylation sites (N-methyl/N-ethyl adjacent to an activating group) is 2. The van der Waals surface area contributed by atoms with E-state index in [0.717, 1.165) is 6.42 Å². The standard InChI is InChI=1S/C29H39FN4O2/c1-31(2)20-28(35)32(3)25-16-17-34(19-25)27-15-14-24(18-26(27)30)33(4)29(36)23-12-10-22(11-13-23)21-8-6-5-7-9-21/h10-15,18,21,25H,5-9,16-17,19-20H2,1-4H3. The summed E-state index contributed by atoms with van der Waals surface area (Å²) in [7, 11) is 7.25. The smallest absolute Gasteiger partial charge is 0.258 e. The quantitative estimate of drug-likeness (QED) is 0.558. The Labute approximate surface area is 214 Å². The number of rotatable bonds is 7. The number of carbonyl (C=O) groups is 2. The van der Waals surface area contributed by atoms with Crippen LogP contribution in [0.15, 0.2) is 42.5 Å². The van der Waals surface area contributed by atoms with E-state index in [0.29, 0.717) is 42.5 Å². The highest BCUT2D eigenvalue weighted by Gasteiger charge is 2.30. The van der Waals surface area contributed by atoms with Gasteiger partial charge in [-0.1, -0.05) is 31.4 Å². The van der Waals surface area contributed by atoms with Gasteiger partial charge in [0.25, 0.3) is 5.91 Å². The van der Waals surface area contributed by atoms with E-state index in [1.165, 1.54) is 48.6 Å². The molecule has 194 valence electrons. The van der Waals surface area contributed by atoms with E-state index in [2.05, 4.69) is 12.1 Å². The summed E-state index contributed by atoms with van der Waals surface area (Å²) in [6, 6.07) is 13.0. The third-order valence-electron chi connectivity index (χ3n) is 7.75. The van der Waals surface area contributed by atoms with E-state index in [4.69, 9.17) is 0 Å². The van der Waals surface area contributed by atoms with E-state index in [1.807, 2.05) is 43.1 Å². The second-order valence-electron chi connectivity index (χ2n) is 10.6. The first-order valence-corrected chi connectivity index (χ1v) is 13.1. The lowest BCUT2D eigenvalue weighted by Crippen LogP contribution is -2.43. The summed E-state index contributed by atoms with van der Waals surface area (Å²) in [5, 5.41) is 0. The predicted octanol–water partition coefficient (Wildman–Crippen LogP) is 4.75. The Morgan fingerprint density at radius 1 is 0.944 bits per heavy atom. The molecule has 36 heavy (non-hydrogen) atoms. The zero-order chi connectivity index (χ0) is 25.8. The van der Waals surface area contributed by atoms with E-state index in [-0.39, 0.29) is 23.7 Å². The van der Waals surface area contributed by atoms with Crippen LogP contribution < -0.4 is 9.80 Å². The number of anilines is 2. The van der Waals surface area contributed by atoms with Crippen LogP contribution in [0.2, 0.25) is 0 Å². The fourth-order valence-corrected chi connectivity index (χ4v) is 5.47. The van der Waals surface area contributed by atoms with Crippen molar-refractivity contribution >= 4 is 23.2 Å². The van der Waals surface area contributed by atoms with Crippen molar-refractivity contribution in [2.24, 2.45) is 0 Å². The van der Waals surface area contributed by atoms with Gasteiger partial charge in [0.15, 0.2) is 0 Å². The van der Waals surface area contributed by atoms with Crippen LogP contribution in [0.4, 0.5) is 15.8 Å². The van der Waals surface area contributed by atoms with Crippen LogP contribution in [-0.4, -0.2) is 75.5 Å². The summed E-state index contributed by atoms with van der Waals surface area (Å²) >= 11 is 0. The van der Waals surface area contributed by atoms with Crippen LogP contribution >= 0.6 is 0 Å². The van der Waals surface area contributed by atoms with Crippen molar-refractivity contribution in [2.75, 3.05) is 57.6 Å². The number of amides is 2. The maximum Gasteiger partial charge on any atom is 0.258 e. The fraction of sp³-hybridized carbons (Fsp3) is 0.517. The Bertz CT molecular complexity index is 1070. The lowest BCUT2D eigenvalue weighted by molar-refractivity contribution is -0.132. The molecule has 1 heterocycles. The zero-order valence-electron chi connectivity index (χ0n) is 22.0. The summed E-state index contributed by atoms with van der Waals surface area (Å²) in [4.78, 5) is 32.6. The number of benzene rings is 2. The number of carbonyl (C=O) groups excluding carboxylic acids is 2. The monoisotopic (exact) mass is 494 g/mol. The molecular formula is C29H39FN4O2. The van der Waals surface area contributed by atoms with E-state index in [9.17, 15) is 9.59 Å². The lowest BCUT2D eigenvalue weighted by atomic mass is 9.84. The molecule has 2 aromatic carbocycles. The van der Waals surface area contributed by atoms with Gasteiger partial charge in [0.2, 0.25) is 5.91 Å². The molecule has 0 N–H and O–H groups in total. The van der Waals surface area contributed by atoms with Crippen LogP contribution in [0.5, 0.6) is 0 Å². The van der Waals surface area contributed by atoms with Gasteiger partial charge in [-0.2, -0.15) is 0 Å². The molecule has 1 aliphatic heterocycles. The summed E-state index contributed by atoms with van der Waals surface area (Å²) < 4.78 is 15.2. The Hall–Kier alpha value is -2.93. The molecule has 0 aromatic heterocycles. The molecule has 2 amide bonds. The normalized spacial score (nSPS) is 18.5. The van der Waals surface area contributed by atoms with E-state index >= 15 is 4.39 Å². The largest absolute Gasteiger partial charge is 0.367 e. The zero-order valence-corrected chi connectivity index (χ0v) is 22.0. The Kier molecular flexibility index (Phi) is 8.29. The highest BCUT2D eigenvalue weighted by atomic mass is 19.1. The van der Waals surface area contributed by atoms with Gasteiger partial charge < -0.3 is 19.6 Å². The predicted molar refractivity (Wildman–Crippen MR) is 143 cm³/mol. The molecule has 0 radical (unpaired) electrons. The molecule has 2 aromatic rings. The summed E-state index contributed by atoms with van der Waals surface area (Å²) in [5.74, 6) is 0.148. The Morgan fingerprint density at radius 3 is 2.28 bits per heavy atom. The minimum Gasteiger partial charge on any atom is -0.367 e.